The summed E-state index contributed by atoms with van der Waals surface area (Å²) >= 11 is 0. The fourth-order valence-corrected chi connectivity index (χ4v) is 0.721. The lowest BCUT2D eigenvalue weighted by molar-refractivity contribution is -0.117. The molecule has 0 unspecified atom stereocenters. The maximum atomic E-state index is 10.9. The van der Waals surface area contributed by atoms with Crippen LogP contribution in [0.25, 0.3) is 0 Å². The Morgan fingerprint density at radius 1 is 1.42 bits per heavy atom. The first-order chi connectivity index (χ1) is 5.74. The van der Waals surface area contributed by atoms with E-state index in [1.807, 2.05) is 0 Å². The maximum Gasteiger partial charge on any atom is 0.220 e. The summed E-state index contributed by atoms with van der Waals surface area (Å²) in [6.07, 6.45) is 8.38. The van der Waals surface area contributed by atoms with E-state index in [9.17, 15) is 9.59 Å². The molecule has 12 heavy (non-hydrogen) atoms. The van der Waals surface area contributed by atoms with E-state index in [0.29, 0.717) is 0 Å². The summed E-state index contributed by atoms with van der Waals surface area (Å²) in [4.78, 5) is 21.7. The highest BCUT2D eigenvalue weighted by atomic mass is 16.5. The number of allylic oxidation sites excluding steroid dienone is 3. The molecule has 0 fully saturated rings. The maximum absolute atomic E-state index is 10.9. The summed E-state index contributed by atoms with van der Waals surface area (Å²) in [5, 5.41) is 0. The number of rotatable bonds is 2. The zero-order valence-corrected chi connectivity index (χ0v) is 6.24. The van der Waals surface area contributed by atoms with E-state index in [0.717, 1.165) is 12.2 Å². The van der Waals surface area contributed by atoms with E-state index in [1.165, 1.54) is 6.08 Å². The third kappa shape index (κ3) is 1.83. The average molecular weight is 162 g/mol. The summed E-state index contributed by atoms with van der Waals surface area (Å²) in [7, 11) is 0. The van der Waals surface area contributed by atoms with E-state index in [-0.39, 0.29) is 23.9 Å². The first-order valence-corrected chi connectivity index (χ1v) is 3.28. The second-order valence-electron chi connectivity index (χ2n) is 2.10. The van der Waals surface area contributed by atoms with E-state index >= 15 is 0 Å². The van der Waals surface area contributed by atoms with Gasteiger partial charge < -0.3 is 4.74 Å². The van der Waals surface area contributed by atoms with Crippen molar-refractivity contribution >= 4 is 11.6 Å². The average Bonchev–Trinajstić information content (AvgIpc) is 2.07. The van der Waals surface area contributed by atoms with Crippen LogP contribution in [-0.2, 0) is 14.3 Å². The third-order valence-corrected chi connectivity index (χ3v) is 1.23. The zero-order valence-electron chi connectivity index (χ0n) is 6.24. The Bertz CT molecular complexity index is 315. The van der Waals surface area contributed by atoms with Gasteiger partial charge in [0.25, 0.3) is 0 Å². The van der Waals surface area contributed by atoms with Crippen molar-refractivity contribution in [2.45, 2.75) is 0 Å². The normalized spacial score (nSPS) is 15.4. The van der Waals surface area contributed by atoms with Gasteiger partial charge in [-0.2, -0.15) is 0 Å². The Labute approximate surface area is 69.7 Å². The van der Waals surface area contributed by atoms with Crippen LogP contribution < -0.4 is 0 Å². The number of hydrogen-bond acceptors (Lipinski definition) is 3. The third-order valence-electron chi connectivity index (χ3n) is 1.23. The Hall–Kier alpha value is -1.82. The molecule has 0 bridgehead atoms. The molecule has 0 saturated heterocycles. The fourth-order valence-electron chi connectivity index (χ4n) is 0.721. The van der Waals surface area contributed by atoms with Crippen molar-refractivity contribution in [1.29, 1.82) is 0 Å². The van der Waals surface area contributed by atoms with Crippen LogP contribution in [0.2, 0.25) is 0 Å². The molecule has 0 atom stereocenters. The number of carbonyl (C=O) groups is 2. The van der Waals surface area contributed by atoms with Crippen LogP contribution in [0.3, 0.4) is 0 Å². The standard InChI is InChI=1S/C9H6O3/c1-2-5-12-9-6-7(10)3-4-8(9)11/h1,3-4,6H,5H2. The van der Waals surface area contributed by atoms with Gasteiger partial charge in [-0.05, 0) is 12.2 Å². The number of carbonyl (C=O) groups excluding carboxylic acids is 2. The monoisotopic (exact) mass is 162 g/mol. The molecule has 0 amide bonds. The van der Waals surface area contributed by atoms with Crippen LogP contribution in [-0.4, -0.2) is 18.2 Å². The number of ether oxygens (including phenoxy) is 1. The fraction of sp³-hybridized carbons (Fsp3) is 0.111. The minimum Gasteiger partial charge on any atom is -0.477 e. The largest absolute Gasteiger partial charge is 0.477 e. The van der Waals surface area contributed by atoms with Crippen molar-refractivity contribution in [3.05, 3.63) is 24.0 Å². The Kier molecular flexibility index (Phi) is 2.44. The lowest BCUT2D eigenvalue weighted by atomic mass is 10.1. The van der Waals surface area contributed by atoms with Crippen LogP contribution in [0.4, 0.5) is 0 Å². The second-order valence-corrected chi connectivity index (χ2v) is 2.10. The highest BCUT2D eigenvalue weighted by Crippen LogP contribution is 2.05. The van der Waals surface area contributed by atoms with Crippen molar-refractivity contribution in [2.75, 3.05) is 6.61 Å². The predicted octanol–water partition coefficient (Wildman–Crippen LogP) is 0.228. The topological polar surface area (TPSA) is 43.4 Å². The van der Waals surface area contributed by atoms with E-state index < -0.39 is 0 Å². The Balaban J connectivity index is 2.69. The van der Waals surface area contributed by atoms with Crippen LogP contribution in [0.1, 0.15) is 0 Å². The van der Waals surface area contributed by atoms with E-state index in [4.69, 9.17) is 11.2 Å². The molecule has 0 aliphatic heterocycles. The minimum atomic E-state index is -0.329. The lowest BCUT2D eigenvalue weighted by Gasteiger charge is -2.05. The molecule has 1 aliphatic carbocycles. The molecule has 0 aromatic heterocycles. The summed E-state index contributed by atoms with van der Waals surface area (Å²) < 4.78 is 4.82. The van der Waals surface area contributed by atoms with Crippen molar-refractivity contribution in [3.63, 3.8) is 0 Å². The number of terminal acetylenes is 1. The van der Waals surface area contributed by atoms with Crippen LogP contribution in [0, 0.1) is 12.3 Å². The first kappa shape index (κ1) is 8.28. The predicted molar refractivity (Wildman–Crippen MR) is 42.0 cm³/mol. The first-order valence-electron chi connectivity index (χ1n) is 3.28. The van der Waals surface area contributed by atoms with Crippen molar-refractivity contribution in [1.82, 2.24) is 0 Å². The number of ketones is 2. The molecule has 60 valence electrons. The lowest BCUT2D eigenvalue weighted by Crippen LogP contribution is -2.10. The molecular formula is C9H6O3. The molecule has 0 aromatic rings. The molecule has 1 aliphatic rings. The van der Waals surface area contributed by atoms with Gasteiger partial charge in [0.05, 0.1) is 0 Å². The van der Waals surface area contributed by atoms with Gasteiger partial charge >= 0.3 is 0 Å². The van der Waals surface area contributed by atoms with E-state index in [2.05, 4.69) is 5.92 Å². The van der Waals surface area contributed by atoms with Gasteiger partial charge in [0.2, 0.25) is 5.78 Å². The smallest absolute Gasteiger partial charge is 0.220 e. The second kappa shape index (κ2) is 3.54. The summed E-state index contributed by atoms with van der Waals surface area (Å²) in [5.41, 5.74) is 0. The molecule has 3 nitrogen and oxygen atoms in total. The minimum absolute atomic E-state index is 0.00130. The van der Waals surface area contributed by atoms with Crippen LogP contribution >= 0.6 is 0 Å². The number of hydrogen-bond donors (Lipinski definition) is 0. The van der Waals surface area contributed by atoms with Gasteiger partial charge in [0.15, 0.2) is 11.5 Å². The van der Waals surface area contributed by atoms with Gasteiger partial charge in [-0.1, -0.05) is 5.92 Å². The van der Waals surface area contributed by atoms with Gasteiger partial charge in [-0.25, -0.2) is 0 Å². The van der Waals surface area contributed by atoms with Crippen LogP contribution in [0.5, 0.6) is 0 Å². The Morgan fingerprint density at radius 2 is 2.17 bits per heavy atom. The summed E-state index contributed by atoms with van der Waals surface area (Å²) in [6.45, 7) is -0.00130. The molecule has 0 spiro atoms. The molecule has 0 heterocycles. The molecule has 0 N–H and O–H groups in total. The molecule has 0 radical (unpaired) electrons. The van der Waals surface area contributed by atoms with Crippen molar-refractivity contribution in [2.24, 2.45) is 0 Å². The highest BCUT2D eigenvalue weighted by Gasteiger charge is 2.13. The zero-order chi connectivity index (χ0) is 8.97. The van der Waals surface area contributed by atoms with Crippen molar-refractivity contribution in [3.8, 4) is 12.3 Å². The van der Waals surface area contributed by atoms with E-state index in [1.54, 1.807) is 0 Å². The highest BCUT2D eigenvalue weighted by molar-refractivity contribution is 6.16. The SMILES string of the molecule is C#CCOC1=CC(=O)C=CC1=O. The van der Waals surface area contributed by atoms with Crippen molar-refractivity contribution < 1.29 is 14.3 Å². The van der Waals surface area contributed by atoms with Gasteiger partial charge in [0, 0.05) is 6.08 Å². The summed E-state index contributed by atoms with van der Waals surface area (Å²) in [5.74, 6) is 1.62. The van der Waals surface area contributed by atoms with Crippen LogP contribution in [0.15, 0.2) is 24.0 Å². The molecule has 0 saturated carbocycles. The van der Waals surface area contributed by atoms with Gasteiger partial charge in [-0.15, -0.1) is 6.42 Å². The van der Waals surface area contributed by atoms with Gasteiger partial charge in [0.1, 0.15) is 6.61 Å². The molecule has 3 heteroatoms. The molecule has 1 rings (SSSR count). The molecular weight excluding hydrogens is 156 g/mol. The Morgan fingerprint density at radius 3 is 2.83 bits per heavy atom. The summed E-state index contributed by atoms with van der Waals surface area (Å²) in [6, 6.07) is 0. The quantitative estimate of drug-likeness (QED) is 0.431. The van der Waals surface area contributed by atoms with Gasteiger partial charge in [-0.3, -0.25) is 9.59 Å². The molecule has 0 aromatic carbocycles.